The number of halogens is 3. The number of thiophene rings is 1. The maximum atomic E-state index is 12.9. The van der Waals surface area contributed by atoms with Crippen LogP contribution in [0.25, 0.3) is 0 Å². The molecule has 5 nitrogen and oxygen atoms in total. The number of ether oxygens (including phenoxy) is 1. The Morgan fingerprint density at radius 3 is 2.93 bits per heavy atom. The van der Waals surface area contributed by atoms with E-state index in [0.29, 0.717) is 19.6 Å². The number of carbonyl (C=O) groups is 1. The minimum atomic E-state index is -4.50. The number of fused-ring (bicyclic) bond motifs is 1. The first kappa shape index (κ1) is 18.2. The van der Waals surface area contributed by atoms with E-state index in [1.165, 1.54) is 17.0 Å². The number of rotatable bonds is 2. The van der Waals surface area contributed by atoms with Gasteiger partial charge in [-0.15, -0.1) is 11.3 Å². The first-order valence-corrected chi connectivity index (χ1v) is 9.54. The van der Waals surface area contributed by atoms with E-state index < -0.39 is 18.0 Å². The molecule has 4 heterocycles. The number of morpholine rings is 1. The van der Waals surface area contributed by atoms with E-state index in [9.17, 15) is 18.0 Å². The van der Waals surface area contributed by atoms with Gasteiger partial charge in [-0.3, -0.25) is 4.79 Å². The largest absolute Gasteiger partial charge is 0.433 e. The highest BCUT2D eigenvalue weighted by molar-refractivity contribution is 7.10. The van der Waals surface area contributed by atoms with E-state index in [2.05, 4.69) is 4.98 Å². The van der Waals surface area contributed by atoms with Crippen molar-refractivity contribution in [1.82, 2.24) is 9.88 Å². The average Bonchev–Trinajstić information content (AvgIpc) is 3.15. The summed E-state index contributed by atoms with van der Waals surface area (Å²) in [7, 11) is 0. The fourth-order valence-electron chi connectivity index (χ4n) is 3.40. The number of amides is 1. The summed E-state index contributed by atoms with van der Waals surface area (Å²) in [6, 6.07) is 5.83. The number of carbonyl (C=O) groups excluding carboxylic acids is 1. The maximum absolute atomic E-state index is 12.9. The van der Waals surface area contributed by atoms with Crippen molar-refractivity contribution in [3.05, 3.63) is 45.8 Å². The van der Waals surface area contributed by atoms with Crippen LogP contribution in [-0.2, 0) is 28.7 Å². The van der Waals surface area contributed by atoms with Gasteiger partial charge in [0.2, 0.25) is 0 Å². The monoisotopic (exact) mass is 397 g/mol. The van der Waals surface area contributed by atoms with Crippen LogP contribution in [0.1, 0.15) is 16.1 Å². The average molecular weight is 397 g/mol. The van der Waals surface area contributed by atoms with Crippen LogP contribution in [0, 0.1) is 0 Å². The van der Waals surface area contributed by atoms with Crippen LogP contribution in [0.5, 0.6) is 0 Å². The highest BCUT2D eigenvalue weighted by atomic mass is 32.1. The molecule has 1 unspecified atom stereocenters. The van der Waals surface area contributed by atoms with Crippen molar-refractivity contribution in [3.8, 4) is 0 Å². The predicted octanol–water partition coefficient (Wildman–Crippen LogP) is 2.95. The van der Waals surface area contributed by atoms with Crippen molar-refractivity contribution in [2.75, 3.05) is 31.1 Å². The second-order valence-electron chi connectivity index (χ2n) is 6.56. The van der Waals surface area contributed by atoms with Gasteiger partial charge < -0.3 is 14.5 Å². The molecule has 1 atom stereocenters. The quantitative estimate of drug-likeness (QED) is 0.782. The van der Waals surface area contributed by atoms with Crippen molar-refractivity contribution < 1.29 is 22.7 Å². The van der Waals surface area contributed by atoms with Gasteiger partial charge >= 0.3 is 6.18 Å². The zero-order valence-corrected chi connectivity index (χ0v) is 15.2. The maximum Gasteiger partial charge on any atom is 0.433 e. The zero-order chi connectivity index (χ0) is 19.0. The SMILES string of the molecule is O=C(C1CN(c2cccc(C(F)(F)F)n2)CCO1)N1CCc2sccc2C1. The number of hydrogen-bond donors (Lipinski definition) is 0. The van der Waals surface area contributed by atoms with Gasteiger partial charge in [-0.05, 0) is 35.6 Å². The van der Waals surface area contributed by atoms with Gasteiger partial charge in [0, 0.05) is 24.5 Å². The molecule has 0 saturated carbocycles. The van der Waals surface area contributed by atoms with Crippen molar-refractivity contribution >= 4 is 23.1 Å². The molecule has 4 rings (SSSR count). The Morgan fingerprint density at radius 1 is 1.26 bits per heavy atom. The van der Waals surface area contributed by atoms with E-state index in [1.807, 2.05) is 11.4 Å². The molecule has 0 N–H and O–H groups in total. The topological polar surface area (TPSA) is 45.7 Å². The molecular weight excluding hydrogens is 379 g/mol. The zero-order valence-electron chi connectivity index (χ0n) is 14.4. The summed E-state index contributed by atoms with van der Waals surface area (Å²) in [4.78, 5) is 21.3. The molecule has 1 amide bonds. The van der Waals surface area contributed by atoms with Crippen molar-refractivity contribution in [2.24, 2.45) is 0 Å². The molecule has 1 saturated heterocycles. The highest BCUT2D eigenvalue weighted by Gasteiger charge is 2.35. The minimum absolute atomic E-state index is 0.122. The summed E-state index contributed by atoms with van der Waals surface area (Å²) in [6.07, 6.45) is -4.37. The number of pyridine rings is 1. The molecule has 2 aliphatic rings. The van der Waals surface area contributed by atoms with Gasteiger partial charge in [0.1, 0.15) is 11.5 Å². The third kappa shape index (κ3) is 3.79. The Balaban J connectivity index is 1.46. The van der Waals surface area contributed by atoms with Crippen LogP contribution in [0.3, 0.4) is 0 Å². The molecule has 0 aliphatic carbocycles. The molecule has 27 heavy (non-hydrogen) atoms. The summed E-state index contributed by atoms with van der Waals surface area (Å²) in [5.41, 5.74) is 0.224. The normalized spacial score (nSPS) is 20.5. The number of alkyl halides is 3. The van der Waals surface area contributed by atoms with Gasteiger partial charge in [0.15, 0.2) is 6.10 Å². The Hall–Kier alpha value is -2.13. The van der Waals surface area contributed by atoms with Gasteiger partial charge in [0.05, 0.1) is 13.2 Å². The van der Waals surface area contributed by atoms with Crippen LogP contribution in [0.15, 0.2) is 29.6 Å². The van der Waals surface area contributed by atoms with Crippen LogP contribution >= 0.6 is 11.3 Å². The lowest BCUT2D eigenvalue weighted by atomic mass is 10.1. The first-order valence-electron chi connectivity index (χ1n) is 8.66. The summed E-state index contributed by atoms with van der Waals surface area (Å²) in [5.74, 6) is 0.0909. The number of nitrogens with zero attached hydrogens (tertiary/aromatic N) is 3. The molecule has 2 aliphatic heterocycles. The third-order valence-corrected chi connectivity index (χ3v) is 5.83. The lowest BCUT2D eigenvalue weighted by Crippen LogP contribution is -2.52. The Kier molecular flexibility index (Phi) is 4.81. The Bertz CT molecular complexity index is 839. The molecule has 2 aromatic heterocycles. The number of anilines is 1. The van der Waals surface area contributed by atoms with Crippen molar-refractivity contribution in [2.45, 2.75) is 25.2 Å². The third-order valence-electron chi connectivity index (χ3n) is 4.81. The fraction of sp³-hybridized carbons (Fsp3) is 0.444. The molecule has 0 aromatic carbocycles. The van der Waals surface area contributed by atoms with E-state index in [0.717, 1.165) is 18.1 Å². The van der Waals surface area contributed by atoms with Gasteiger partial charge in [-0.2, -0.15) is 13.2 Å². The Morgan fingerprint density at radius 2 is 2.11 bits per heavy atom. The molecule has 144 valence electrons. The van der Waals surface area contributed by atoms with E-state index in [1.54, 1.807) is 21.1 Å². The van der Waals surface area contributed by atoms with Gasteiger partial charge in [-0.25, -0.2) is 4.98 Å². The smallest absolute Gasteiger partial charge is 0.365 e. The molecule has 1 fully saturated rings. The summed E-state index contributed by atoms with van der Waals surface area (Å²) in [5, 5.41) is 2.02. The summed E-state index contributed by atoms with van der Waals surface area (Å²) in [6.45, 7) is 2.05. The fourth-order valence-corrected chi connectivity index (χ4v) is 4.29. The Labute approximate surface area is 158 Å². The molecule has 0 radical (unpaired) electrons. The molecule has 0 bridgehead atoms. The standard InChI is InChI=1S/C18H18F3N3O2S/c19-18(20,21)15-2-1-3-16(22-15)23-7-8-26-13(11-23)17(25)24-6-4-14-12(10-24)5-9-27-14/h1-3,5,9,13H,4,6-8,10-11H2. The van der Waals surface area contributed by atoms with Gasteiger partial charge in [0.25, 0.3) is 5.91 Å². The highest BCUT2D eigenvalue weighted by Crippen LogP contribution is 2.30. The number of hydrogen-bond acceptors (Lipinski definition) is 5. The lowest BCUT2D eigenvalue weighted by Gasteiger charge is -2.36. The van der Waals surface area contributed by atoms with Crippen LogP contribution < -0.4 is 4.90 Å². The lowest BCUT2D eigenvalue weighted by molar-refractivity contribution is -0.145. The van der Waals surface area contributed by atoms with E-state index >= 15 is 0 Å². The second kappa shape index (κ2) is 7.12. The number of aromatic nitrogens is 1. The molecule has 9 heteroatoms. The minimum Gasteiger partial charge on any atom is -0.365 e. The van der Waals surface area contributed by atoms with Gasteiger partial charge in [-0.1, -0.05) is 6.07 Å². The molecular formula is C18H18F3N3O2S. The van der Waals surface area contributed by atoms with Crippen molar-refractivity contribution in [3.63, 3.8) is 0 Å². The summed E-state index contributed by atoms with van der Waals surface area (Å²) < 4.78 is 44.4. The van der Waals surface area contributed by atoms with E-state index in [4.69, 9.17) is 4.74 Å². The van der Waals surface area contributed by atoms with Crippen LogP contribution in [0.4, 0.5) is 19.0 Å². The molecule has 2 aromatic rings. The van der Waals surface area contributed by atoms with Crippen molar-refractivity contribution in [1.29, 1.82) is 0 Å². The first-order chi connectivity index (χ1) is 12.9. The van der Waals surface area contributed by atoms with Crippen LogP contribution in [-0.4, -0.2) is 48.1 Å². The van der Waals surface area contributed by atoms with Crippen LogP contribution in [0.2, 0.25) is 0 Å². The molecule has 0 spiro atoms. The summed E-state index contributed by atoms with van der Waals surface area (Å²) >= 11 is 1.70. The second-order valence-corrected chi connectivity index (χ2v) is 7.56. The predicted molar refractivity (Wildman–Crippen MR) is 94.6 cm³/mol. The van der Waals surface area contributed by atoms with E-state index in [-0.39, 0.29) is 24.9 Å².